The lowest BCUT2D eigenvalue weighted by molar-refractivity contribution is 0.245. The van der Waals surface area contributed by atoms with Crippen molar-refractivity contribution >= 4 is 11.0 Å². The molecule has 1 unspecified atom stereocenters. The van der Waals surface area contributed by atoms with Gasteiger partial charge in [-0.25, -0.2) is 4.79 Å². The van der Waals surface area contributed by atoms with Gasteiger partial charge in [-0.1, -0.05) is 26.8 Å². The zero-order valence-corrected chi connectivity index (χ0v) is 13.3. The minimum absolute atomic E-state index is 0.0212. The van der Waals surface area contributed by atoms with E-state index in [1.54, 1.807) is 9.13 Å². The van der Waals surface area contributed by atoms with Gasteiger partial charge in [-0.3, -0.25) is 9.13 Å². The van der Waals surface area contributed by atoms with E-state index in [4.69, 9.17) is 0 Å². The number of nitrogens with one attached hydrogen (secondary N) is 1. The summed E-state index contributed by atoms with van der Waals surface area (Å²) in [5, 5.41) is 3.42. The fourth-order valence-electron chi connectivity index (χ4n) is 2.92. The first-order chi connectivity index (χ1) is 9.33. The molecule has 1 N–H and O–H groups in total. The highest BCUT2D eigenvalue weighted by Gasteiger charge is 2.28. The van der Waals surface area contributed by atoms with Gasteiger partial charge >= 0.3 is 5.69 Å². The lowest BCUT2D eigenvalue weighted by Gasteiger charge is -2.33. The van der Waals surface area contributed by atoms with Crippen LogP contribution in [0.25, 0.3) is 11.0 Å². The molecule has 0 aliphatic carbocycles. The van der Waals surface area contributed by atoms with Gasteiger partial charge in [0.15, 0.2) is 0 Å². The van der Waals surface area contributed by atoms with Crippen molar-refractivity contribution in [3.63, 3.8) is 0 Å². The first-order valence-corrected chi connectivity index (χ1v) is 7.16. The van der Waals surface area contributed by atoms with E-state index in [-0.39, 0.29) is 17.1 Å². The molecule has 0 saturated carbocycles. The van der Waals surface area contributed by atoms with Crippen LogP contribution in [0.4, 0.5) is 0 Å². The van der Waals surface area contributed by atoms with Crippen LogP contribution in [-0.2, 0) is 14.1 Å². The monoisotopic (exact) mass is 275 g/mol. The molecule has 0 bridgehead atoms. The molecule has 2 aromatic rings. The summed E-state index contributed by atoms with van der Waals surface area (Å²) in [7, 11) is 5.64. The number of fused-ring (bicyclic) bond motifs is 1. The molecule has 0 radical (unpaired) electrons. The Morgan fingerprint density at radius 3 is 2.35 bits per heavy atom. The second-order valence-electron chi connectivity index (χ2n) is 6.21. The van der Waals surface area contributed by atoms with Gasteiger partial charge in [0, 0.05) is 20.1 Å². The van der Waals surface area contributed by atoms with Crippen molar-refractivity contribution in [1.82, 2.24) is 14.5 Å². The van der Waals surface area contributed by atoms with E-state index < -0.39 is 0 Å². The Balaban J connectivity index is 2.62. The number of hydrogen-bond acceptors (Lipinski definition) is 2. The third-order valence-electron chi connectivity index (χ3n) is 4.61. The lowest BCUT2D eigenvalue weighted by atomic mass is 9.78. The van der Waals surface area contributed by atoms with Gasteiger partial charge in [0.05, 0.1) is 11.0 Å². The molecule has 2 rings (SSSR count). The molecule has 4 heteroatoms. The molecule has 20 heavy (non-hydrogen) atoms. The Morgan fingerprint density at radius 2 is 1.80 bits per heavy atom. The van der Waals surface area contributed by atoms with Crippen LogP contribution in [-0.4, -0.2) is 16.2 Å². The minimum Gasteiger partial charge on any atom is -0.313 e. The summed E-state index contributed by atoms with van der Waals surface area (Å²) in [5.41, 5.74) is 3.38. The minimum atomic E-state index is 0.0212. The summed E-state index contributed by atoms with van der Waals surface area (Å²) in [6.07, 6.45) is 1.09. The maximum atomic E-state index is 12.0. The van der Waals surface area contributed by atoms with Crippen molar-refractivity contribution in [2.75, 3.05) is 7.05 Å². The zero-order chi connectivity index (χ0) is 15.1. The van der Waals surface area contributed by atoms with E-state index in [9.17, 15) is 4.79 Å². The number of imidazole rings is 1. The van der Waals surface area contributed by atoms with Crippen LogP contribution < -0.4 is 11.0 Å². The van der Waals surface area contributed by atoms with Crippen molar-refractivity contribution < 1.29 is 0 Å². The summed E-state index contributed by atoms with van der Waals surface area (Å²) in [5.74, 6) is 0. The first kappa shape index (κ1) is 14.9. The van der Waals surface area contributed by atoms with Gasteiger partial charge in [-0.2, -0.15) is 0 Å². The normalized spacial score (nSPS) is 13.9. The van der Waals surface area contributed by atoms with Gasteiger partial charge in [0.25, 0.3) is 0 Å². The van der Waals surface area contributed by atoms with Gasteiger partial charge in [-0.15, -0.1) is 0 Å². The summed E-state index contributed by atoms with van der Waals surface area (Å²) < 4.78 is 3.41. The Morgan fingerprint density at radius 1 is 1.20 bits per heavy atom. The number of benzene rings is 1. The topological polar surface area (TPSA) is 39.0 Å². The van der Waals surface area contributed by atoms with E-state index in [0.717, 1.165) is 17.5 Å². The van der Waals surface area contributed by atoms with E-state index in [2.05, 4.69) is 38.2 Å². The summed E-state index contributed by atoms with van der Waals surface area (Å²) in [4.78, 5) is 12.0. The van der Waals surface area contributed by atoms with Crippen LogP contribution in [0.3, 0.4) is 0 Å². The van der Waals surface area contributed by atoms with Gasteiger partial charge in [-0.05, 0) is 36.6 Å². The summed E-state index contributed by atoms with van der Waals surface area (Å²) in [6.45, 7) is 6.74. The molecule has 1 aromatic heterocycles. The van der Waals surface area contributed by atoms with Gasteiger partial charge in [0.2, 0.25) is 0 Å². The maximum Gasteiger partial charge on any atom is 0.328 e. The van der Waals surface area contributed by atoms with E-state index in [1.807, 2.05) is 27.2 Å². The number of rotatable bonds is 4. The molecule has 0 spiro atoms. The zero-order valence-electron chi connectivity index (χ0n) is 13.3. The Kier molecular flexibility index (Phi) is 3.78. The molecule has 0 aliphatic heterocycles. The molecule has 0 saturated heterocycles. The van der Waals surface area contributed by atoms with Crippen LogP contribution in [0.1, 0.15) is 38.8 Å². The molecule has 1 heterocycles. The second kappa shape index (κ2) is 5.09. The smallest absolute Gasteiger partial charge is 0.313 e. The molecule has 0 amide bonds. The van der Waals surface area contributed by atoms with Crippen molar-refractivity contribution in [1.29, 1.82) is 0 Å². The predicted molar refractivity (Wildman–Crippen MR) is 84.0 cm³/mol. The molecular formula is C16H25N3O. The largest absolute Gasteiger partial charge is 0.328 e. The average molecular weight is 275 g/mol. The Labute approximate surface area is 120 Å². The van der Waals surface area contributed by atoms with Crippen LogP contribution >= 0.6 is 0 Å². The molecule has 1 aromatic carbocycles. The van der Waals surface area contributed by atoms with Crippen LogP contribution in [0.5, 0.6) is 0 Å². The predicted octanol–water partition coefficient (Wildman–Crippen LogP) is 2.57. The highest BCUT2D eigenvalue weighted by molar-refractivity contribution is 5.77. The van der Waals surface area contributed by atoms with Gasteiger partial charge in [0.1, 0.15) is 0 Å². The van der Waals surface area contributed by atoms with Crippen molar-refractivity contribution in [2.24, 2.45) is 19.5 Å². The molecule has 110 valence electrons. The molecule has 0 aliphatic rings. The number of nitrogens with zero attached hydrogens (tertiary/aromatic N) is 2. The molecule has 0 fully saturated rings. The number of aryl methyl sites for hydroxylation is 2. The van der Waals surface area contributed by atoms with Gasteiger partial charge < -0.3 is 5.32 Å². The summed E-state index contributed by atoms with van der Waals surface area (Å²) in [6, 6.07) is 6.57. The van der Waals surface area contributed by atoms with Crippen LogP contribution in [0.15, 0.2) is 23.0 Å². The second-order valence-corrected chi connectivity index (χ2v) is 6.21. The highest BCUT2D eigenvalue weighted by Crippen LogP contribution is 2.36. The first-order valence-electron chi connectivity index (χ1n) is 7.16. The quantitative estimate of drug-likeness (QED) is 0.931. The SMILES string of the molecule is CCC(C)(C)C(NC)c1ccc2c(c1)n(C)c(=O)n2C. The Hall–Kier alpha value is -1.55. The van der Waals surface area contributed by atoms with Crippen LogP contribution in [0.2, 0.25) is 0 Å². The third-order valence-corrected chi connectivity index (χ3v) is 4.61. The van der Waals surface area contributed by atoms with E-state index >= 15 is 0 Å². The Bertz CT molecular complexity index is 679. The van der Waals surface area contributed by atoms with Crippen molar-refractivity contribution in [3.8, 4) is 0 Å². The summed E-state index contributed by atoms with van der Waals surface area (Å²) >= 11 is 0. The lowest BCUT2D eigenvalue weighted by Crippen LogP contribution is -2.31. The number of hydrogen-bond donors (Lipinski definition) is 1. The molecule has 1 atom stereocenters. The fourth-order valence-corrected chi connectivity index (χ4v) is 2.92. The highest BCUT2D eigenvalue weighted by atomic mass is 16.1. The van der Waals surface area contributed by atoms with Crippen molar-refractivity contribution in [3.05, 3.63) is 34.2 Å². The fraction of sp³-hybridized carbons (Fsp3) is 0.562. The third kappa shape index (κ3) is 2.18. The van der Waals surface area contributed by atoms with Crippen molar-refractivity contribution in [2.45, 2.75) is 33.2 Å². The molecule has 4 nitrogen and oxygen atoms in total. The molecular weight excluding hydrogens is 250 g/mol. The van der Waals surface area contributed by atoms with Crippen LogP contribution in [0, 0.1) is 5.41 Å². The average Bonchev–Trinajstić information content (AvgIpc) is 2.64. The van der Waals surface area contributed by atoms with E-state index in [1.165, 1.54) is 5.56 Å². The van der Waals surface area contributed by atoms with E-state index in [0.29, 0.717) is 0 Å². The number of aromatic nitrogens is 2. The maximum absolute atomic E-state index is 12.0. The standard InChI is InChI=1S/C16H25N3O/c1-7-16(2,3)14(17-4)11-8-9-12-13(10-11)19(6)15(20)18(12)5/h8-10,14,17H,7H2,1-6H3.